The summed E-state index contributed by atoms with van der Waals surface area (Å²) in [7, 11) is 0. The Bertz CT molecular complexity index is 474. The molecule has 0 bridgehead atoms. The van der Waals surface area contributed by atoms with Gasteiger partial charge < -0.3 is 6.92 Å². The minimum absolute atomic E-state index is 0. The number of ketones is 1. The predicted molar refractivity (Wildman–Crippen MR) is 92.0 cm³/mol. The van der Waals surface area contributed by atoms with Gasteiger partial charge in [0.1, 0.15) is 5.78 Å². The fourth-order valence-corrected chi connectivity index (χ4v) is 4.37. The van der Waals surface area contributed by atoms with Crippen LogP contribution in [0.5, 0.6) is 0 Å². The van der Waals surface area contributed by atoms with Crippen molar-refractivity contribution in [2.24, 2.45) is 23.7 Å². The van der Waals surface area contributed by atoms with E-state index < -0.39 is 0 Å². The molecule has 0 spiro atoms. The smallest absolute Gasteiger partial charge is 0.132 e. The number of hydrogen-bond donors (Lipinski definition) is 0. The van der Waals surface area contributed by atoms with E-state index in [9.17, 15) is 4.79 Å². The fourth-order valence-electron chi connectivity index (χ4n) is 3.27. The van der Waals surface area contributed by atoms with Crippen molar-refractivity contribution in [2.75, 3.05) is 5.75 Å². The molecule has 1 aliphatic rings. The normalized spacial score (nSPS) is 25.3. The molecule has 3 heteroatoms. The Balaban J connectivity index is 0.00000242. The number of carbonyl (C=O) groups excluding carboxylic acids is 1. The molecule has 0 saturated heterocycles. The maximum absolute atomic E-state index is 11.6. The summed E-state index contributed by atoms with van der Waals surface area (Å²) < 4.78 is 0. The van der Waals surface area contributed by atoms with Crippen LogP contribution >= 0.6 is 11.8 Å². The molecule has 1 aromatic carbocycles. The summed E-state index contributed by atoms with van der Waals surface area (Å²) in [5, 5.41) is 0. The molecule has 117 valence electrons. The van der Waals surface area contributed by atoms with Gasteiger partial charge in [-0.15, -0.1) is 6.58 Å². The van der Waals surface area contributed by atoms with Gasteiger partial charge in [-0.2, -0.15) is 17.7 Å². The summed E-state index contributed by atoms with van der Waals surface area (Å²) in [6.07, 6.45) is 4.00. The molecule has 4 unspecified atom stereocenters. The van der Waals surface area contributed by atoms with E-state index in [2.05, 4.69) is 37.8 Å². The van der Waals surface area contributed by atoms with Crippen molar-refractivity contribution in [1.29, 1.82) is 0 Å². The van der Waals surface area contributed by atoms with Crippen LogP contribution in [0.25, 0.3) is 0 Å². The number of thioether (sulfide) groups is 1. The Morgan fingerprint density at radius 1 is 1.41 bits per heavy atom. The van der Waals surface area contributed by atoms with Crippen molar-refractivity contribution in [2.45, 2.75) is 25.5 Å². The second kappa shape index (κ2) is 10.3. The second-order valence-corrected chi connectivity index (χ2v) is 7.13. The number of allylic oxidation sites excluding steroid dienone is 1. The van der Waals surface area contributed by atoms with Crippen LogP contribution < -0.4 is 0 Å². The van der Waals surface area contributed by atoms with Crippen molar-refractivity contribution < 1.29 is 48.9 Å². The third kappa shape index (κ3) is 5.81. The summed E-state index contributed by atoms with van der Waals surface area (Å²) in [6.45, 7) is 10.0. The first kappa shape index (κ1) is 20.5. The Labute approximate surface area is 175 Å². The molecule has 0 aromatic heterocycles. The monoisotopic (exact) mass is 528 g/mol. The molecular weight excluding hydrogens is 503 g/mol. The minimum Gasteiger partial charge on any atom is -0.339 e. The zero-order chi connectivity index (χ0) is 15.2. The SMILES string of the molecule is C=CC1CC(C(C)=O)CC1C([CH2-])CSCc1ccccc1.[Ac]. The van der Waals surface area contributed by atoms with E-state index in [0.717, 1.165) is 24.3 Å². The minimum atomic E-state index is 0. The van der Waals surface area contributed by atoms with Gasteiger partial charge >= 0.3 is 0 Å². The first-order valence-electron chi connectivity index (χ1n) is 7.69. The van der Waals surface area contributed by atoms with Crippen LogP contribution in [0, 0.1) is 74.7 Å². The van der Waals surface area contributed by atoms with E-state index in [1.54, 1.807) is 6.92 Å². The van der Waals surface area contributed by atoms with Gasteiger partial charge in [0.25, 0.3) is 0 Å². The molecule has 0 amide bonds. The van der Waals surface area contributed by atoms with E-state index in [0.29, 0.717) is 23.5 Å². The zero-order valence-corrected chi connectivity index (χ0v) is 19.0. The number of hydrogen-bond acceptors (Lipinski definition) is 2. The van der Waals surface area contributed by atoms with E-state index in [1.807, 2.05) is 23.9 Å². The molecule has 0 aliphatic heterocycles. The number of rotatable bonds is 7. The number of benzene rings is 1. The van der Waals surface area contributed by atoms with Crippen molar-refractivity contribution in [3.8, 4) is 0 Å². The average molecular weight is 528 g/mol. The van der Waals surface area contributed by atoms with Crippen LogP contribution in [0.15, 0.2) is 43.0 Å². The molecule has 0 heterocycles. The van der Waals surface area contributed by atoms with Crippen molar-refractivity contribution in [1.82, 2.24) is 0 Å². The molecule has 4 atom stereocenters. The van der Waals surface area contributed by atoms with Crippen LogP contribution in [0.4, 0.5) is 0 Å². The topological polar surface area (TPSA) is 17.1 Å². The summed E-state index contributed by atoms with van der Waals surface area (Å²) in [6, 6.07) is 10.5. The molecule has 1 aromatic rings. The molecule has 1 fully saturated rings. The second-order valence-electron chi connectivity index (χ2n) is 6.10. The molecule has 22 heavy (non-hydrogen) atoms. The van der Waals surface area contributed by atoms with Gasteiger partial charge in [0.15, 0.2) is 0 Å². The standard InChI is InChI=1S/C19H25OS.Ac/c1-4-17-10-18(15(3)20)11-19(17)14(2)12-21-13-16-8-6-5-7-9-16;/h4-9,14,17-19H,1-2,10-13H2,3H3;/q-1;. The van der Waals surface area contributed by atoms with Crippen molar-refractivity contribution >= 4 is 17.5 Å². The molecule has 2 rings (SSSR count). The summed E-state index contributed by atoms with van der Waals surface area (Å²) in [5.41, 5.74) is 1.36. The summed E-state index contributed by atoms with van der Waals surface area (Å²) >= 11 is 1.94. The Kier molecular flexibility index (Phi) is 9.60. The van der Waals surface area contributed by atoms with Crippen molar-refractivity contribution in [3.63, 3.8) is 0 Å². The largest absolute Gasteiger partial charge is 0.339 e. The molecule has 1 aliphatic carbocycles. The molecule has 1 nitrogen and oxygen atoms in total. The number of Topliss-reactive ketones (excluding diaryl/α,β-unsaturated/α-hetero) is 1. The van der Waals surface area contributed by atoms with Crippen LogP contribution in [0.3, 0.4) is 0 Å². The zero-order valence-electron chi connectivity index (χ0n) is 13.4. The summed E-state index contributed by atoms with van der Waals surface area (Å²) in [4.78, 5) is 11.6. The summed E-state index contributed by atoms with van der Waals surface area (Å²) in [5.74, 6) is 4.00. The molecule has 1 radical (unpaired) electrons. The van der Waals surface area contributed by atoms with Crippen LogP contribution in [0.2, 0.25) is 0 Å². The van der Waals surface area contributed by atoms with E-state index in [1.165, 1.54) is 5.56 Å². The van der Waals surface area contributed by atoms with Crippen LogP contribution in [0.1, 0.15) is 25.3 Å². The Hall–Kier alpha value is 0.422. The third-order valence-corrected chi connectivity index (χ3v) is 5.79. The maximum Gasteiger partial charge on any atom is 0.132 e. The molecular formula is C19H25AcOS-. The van der Waals surface area contributed by atoms with Gasteiger partial charge in [-0.25, -0.2) is 0 Å². The van der Waals surface area contributed by atoms with E-state index >= 15 is 0 Å². The first-order chi connectivity index (χ1) is 10.1. The molecule has 1 saturated carbocycles. The average Bonchev–Trinajstić information content (AvgIpc) is 2.93. The predicted octanol–water partition coefficient (Wildman–Crippen LogP) is 4.79. The third-order valence-electron chi connectivity index (χ3n) is 4.59. The maximum atomic E-state index is 11.6. The van der Waals surface area contributed by atoms with E-state index in [4.69, 9.17) is 0 Å². The van der Waals surface area contributed by atoms with Gasteiger partial charge in [0.2, 0.25) is 0 Å². The van der Waals surface area contributed by atoms with E-state index in [-0.39, 0.29) is 50.0 Å². The van der Waals surface area contributed by atoms with Gasteiger partial charge in [0.05, 0.1) is 0 Å². The first-order valence-corrected chi connectivity index (χ1v) is 8.85. The van der Waals surface area contributed by atoms with Gasteiger partial charge in [0, 0.05) is 55.7 Å². The van der Waals surface area contributed by atoms with Gasteiger partial charge in [-0.3, -0.25) is 4.79 Å². The van der Waals surface area contributed by atoms with Gasteiger partial charge in [-0.05, 0) is 37.0 Å². The quantitative estimate of drug-likeness (QED) is 0.374. The fraction of sp³-hybridized carbons (Fsp3) is 0.474. The Morgan fingerprint density at radius 2 is 2.09 bits per heavy atom. The number of carbonyl (C=O) groups is 1. The van der Waals surface area contributed by atoms with Gasteiger partial charge in [-0.1, -0.05) is 42.3 Å². The Morgan fingerprint density at radius 3 is 2.68 bits per heavy atom. The van der Waals surface area contributed by atoms with Crippen molar-refractivity contribution in [3.05, 3.63) is 55.5 Å². The van der Waals surface area contributed by atoms with Crippen LogP contribution in [-0.4, -0.2) is 11.5 Å². The van der Waals surface area contributed by atoms with Crippen LogP contribution in [-0.2, 0) is 10.5 Å². The molecule has 0 N–H and O–H groups in total.